The summed E-state index contributed by atoms with van der Waals surface area (Å²) in [5, 5.41) is 0. The number of rotatable bonds is 6. The molecule has 0 saturated carbocycles. The van der Waals surface area contributed by atoms with Gasteiger partial charge in [0.1, 0.15) is 22.9 Å². The summed E-state index contributed by atoms with van der Waals surface area (Å²) in [5.41, 5.74) is 2.04. The number of aromatic nitrogens is 2. The molecule has 2 heterocycles. The molecule has 0 N–H and O–H groups in total. The van der Waals surface area contributed by atoms with Gasteiger partial charge in [0, 0.05) is 6.42 Å². The average molecular weight is 367 g/mol. The lowest BCUT2D eigenvalue weighted by Gasteiger charge is -2.15. The Morgan fingerprint density at radius 2 is 2.00 bits per heavy atom. The molecule has 0 amide bonds. The molecule has 118 valence electrons. The highest BCUT2D eigenvalue weighted by atomic mass is 79.9. The van der Waals surface area contributed by atoms with E-state index in [9.17, 15) is 0 Å². The quantitative estimate of drug-likeness (QED) is 0.785. The van der Waals surface area contributed by atoms with Gasteiger partial charge >= 0.3 is 0 Å². The monoisotopic (exact) mass is 366 g/mol. The minimum absolute atomic E-state index is 0.373. The Bertz CT molecular complexity index is 609. The van der Waals surface area contributed by atoms with Crippen LogP contribution in [0.25, 0.3) is 0 Å². The topological polar surface area (TPSA) is 45.5 Å². The SMILES string of the molecule is CCc1nc(Br)c(C2OCCO2)n1COCc1ccccc1. The highest BCUT2D eigenvalue weighted by Crippen LogP contribution is 2.31. The Balaban J connectivity index is 1.73. The Morgan fingerprint density at radius 3 is 2.68 bits per heavy atom. The number of halogens is 1. The van der Waals surface area contributed by atoms with E-state index < -0.39 is 0 Å². The molecule has 0 unspecified atom stereocenters. The molecular formula is C16H19BrN2O3. The number of imidazole rings is 1. The molecule has 0 spiro atoms. The van der Waals surface area contributed by atoms with Crippen molar-refractivity contribution in [2.24, 2.45) is 0 Å². The van der Waals surface area contributed by atoms with E-state index in [2.05, 4.69) is 40.0 Å². The Morgan fingerprint density at radius 1 is 1.27 bits per heavy atom. The zero-order valence-electron chi connectivity index (χ0n) is 12.5. The summed E-state index contributed by atoms with van der Waals surface area (Å²) in [6.07, 6.45) is 0.447. The van der Waals surface area contributed by atoms with E-state index >= 15 is 0 Å². The summed E-state index contributed by atoms with van der Waals surface area (Å²) in [4.78, 5) is 4.54. The van der Waals surface area contributed by atoms with E-state index in [0.29, 0.717) is 26.6 Å². The van der Waals surface area contributed by atoms with Crippen molar-refractivity contribution in [3.8, 4) is 0 Å². The van der Waals surface area contributed by atoms with Gasteiger partial charge in [0.25, 0.3) is 0 Å². The van der Waals surface area contributed by atoms with Crippen LogP contribution in [0.5, 0.6) is 0 Å². The minimum Gasteiger partial charge on any atom is -0.356 e. The lowest BCUT2D eigenvalue weighted by atomic mass is 10.2. The van der Waals surface area contributed by atoms with Gasteiger partial charge in [-0.3, -0.25) is 0 Å². The molecule has 1 aliphatic rings. The van der Waals surface area contributed by atoms with Crippen LogP contribution in [0.4, 0.5) is 0 Å². The highest BCUT2D eigenvalue weighted by molar-refractivity contribution is 9.10. The van der Waals surface area contributed by atoms with Gasteiger partial charge in [-0.1, -0.05) is 37.3 Å². The number of hydrogen-bond acceptors (Lipinski definition) is 4. The van der Waals surface area contributed by atoms with Crippen molar-refractivity contribution in [2.75, 3.05) is 13.2 Å². The normalized spacial score (nSPS) is 15.5. The number of ether oxygens (including phenoxy) is 3. The predicted octanol–water partition coefficient (Wildman–Crippen LogP) is 3.43. The molecule has 0 bridgehead atoms. The molecule has 0 aliphatic carbocycles. The van der Waals surface area contributed by atoms with Gasteiger partial charge in [0.2, 0.25) is 6.29 Å². The van der Waals surface area contributed by atoms with Crippen LogP contribution < -0.4 is 0 Å². The fourth-order valence-corrected chi connectivity index (χ4v) is 3.07. The minimum atomic E-state index is -0.373. The maximum Gasteiger partial charge on any atom is 0.202 e. The molecule has 1 aromatic heterocycles. The third-order valence-corrected chi connectivity index (χ3v) is 4.12. The smallest absolute Gasteiger partial charge is 0.202 e. The van der Waals surface area contributed by atoms with Crippen molar-refractivity contribution in [3.63, 3.8) is 0 Å². The molecule has 0 radical (unpaired) electrons. The maximum absolute atomic E-state index is 5.85. The molecule has 1 aromatic carbocycles. The molecule has 6 heteroatoms. The number of benzene rings is 1. The van der Waals surface area contributed by atoms with E-state index in [1.807, 2.05) is 22.8 Å². The lowest BCUT2D eigenvalue weighted by Crippen LogP contribution is -2.13. The summed E-state index contributed by atoms with van der Waals surface area (Å²) in [6, 6.07) is 10.1. The average Bonchev–Trinajstić information content (AvgIpc) is 3.16. The fraction of sp³-hybridized carbons (Fsp3) is 0.438. The molecule has 22 heavy (non-hydrogen) atoms. The largest absolute Gasteiger partial charge is 0.356 e. The maximum atomic E-state index is 5.85. The van der Waals surface area contributed by atoms with Crippen LogP contribution in [0, 0.1) is 0 Å². The molecule has 1 aliphatic heterocycles. The molecule has 1 saturated heterocycles. The van der Waals surface area contributed by atoms with Gasteiger partial charge in [-0.25, -0.2) is 4.98 Å². The van der Waals surface area contributed by atoms with Gasteiger partial charge in [-0.2, -0.15) is 0 Å². The molecule has 3 rings (SSSR count). The lowest BCUT2D eigenvalue weighted by molar-refractivity contribution is -0.0554. The van der Waals surface area contributed by atoms with Crippen LogP contribution in [0.15, 0.2) is 34.9 Å². The van der Waals surface area contributed by atoms with Crippen LogP contribution in [0.3, 0.4) is 0 Å². The second kappa shape index (κ2) is 7.37. The Hall–Kier alpha value is -1.21. The molecule has 5 nitrogen and oxygen atoms in total. The summed E-state index contributed by atoms with van der Waals surface area (Å²) in [6.45, 7) is 4.27. The first kappa shape index (κ1) is 15.7. The van der Waals surface area contributed by atoms with Crippen LogP contribution >= 0.6 is 15.9 Å². The number of aryl methyl sites for hydroxylation is 1. The van der Waals surface area contributed by atoms with E-state index in [1.165, 1.54) is 0 Å². The van der Waals surface area contributed by atoms with Crippen LogP contribution in [-0.2, 0) is 34.0 Å². The van der Waals surface area contributed by atoms with E-state index in [1.54, 1.807) is 0 Å². The van der Waals surface area contributed by atoms with Crippen molar-refractivity contribution in [1.82, 2.24) is 9.55 Å². The Kier molecular flexibility index (Phi) is 5.25. The zero-order valence-corrected chi connectivity index (χ0v) is 14.1. The zero-order chi connectivity index (χ0) is 15.4. The van der Waals surface area contributed by atoms with Gasteiger partial charge < -0.3 is 18.8 Å². The van der Waals surface area contributed by atoms with E-state index in [0.717, 1.165) is 28.1 Å². The van der Waals surface area contributed by atoms with Crippen molar-refractivity contribution in [2.45, 2.75) is 33.0 Å². The Labute approximate surface area is 138 Å². The standard InChI is InChI=1S/C16H19BrN2O3/c1-2-13-18-15(17)14(16-21-8-9-22-16)19(13)11-20-10-12-6-4-3-5-7-12/h3-7,16H,2,8-11H2,1H3. The predicted molar refractivity (Wildman–Crippen MR) is 85.2 cm³/mol. The molecular weight excluding hydrogens is 348 g/mol. The van der Waals surface area contributed by atoms with Gasteiger partial charge in [-0.15, -0.1) is 0 Å². The highest BCUT2D eigenvalue weighted by Gasteiger charge is 2.27. The van der Waals surface area contributed by atoms with Gasteiger partial charge in [0.15, 0.2) is 0 Å². The summed E-state index contributed by atoms with van der Waals surface area (Å²) < 4.78 is 19.9. The second-order valence-electron chi connectivity index (χ2n) is 5.02. The van der Waals surface area contributed by atoms with Crippen molar-refractivity contribution < 1.29 is 14.2 Å². The molecule has 1 fully saturated rings. The summed E-state index contributed by atoms with van der Waals surface area (Å²) in [7, 11) is 0. The van der Waals surface area contributed by atoms with Crippen LogP contribution in [-0.4, -0.2) is 22.8 Å². The van der Waals surface area contributed by atoms with Crippen LogP contribution in [0.1, 0.15) is 30.3 Å². The third-order valence-electron chi connectivity index (χ3n) is 3.53. The van der Waals surface area contributed by atoms with E-state index in [4.69, 9.17) is 14.2 Å². The van der Waals surface area contributed by atoms with Crippen molar-refractivity contribution >= 4 is 15.9 Å². The summed E-state index contributed by atoms with van der Waals surface area (Å²) in [5.74, 6) is 0.953. The summed E-state index contributed by atoms with van der Waals surface area (Å²) >= 11 is 3.51. The van der Waals surface area contributed by atoms with Crippen molar-refractivity contribution in [3.05, 3.63) is 52.0 Å². The van der Waals surface area contributed by atoms with E-state index in [-0.39, 0.29) is 6.29 Å². The first-order valence-corrected chi connectivity index (χ1v) is 8.18. The van der Waals surface area contributed by atoms with Crippen LogP contribution in [0.2, 0.25) is 0 Å². The first-order chi connectivity index (χ1) is 10.8. The second-order valence-corrected chi connectivity index (χ2v) is 5.77. The molecule has 2 aromatic rings. The fourth-order valence-electron chi connectivity index (χ4n) is 2.47. The van der Waals surface area contributed by atoms with Crippen molar-refractivity contribution in [1.29, 1.82) is 0 Å². The molecule has 0 atom stereocenters. The third kappa shape index (κ3) is 3.41. The van der Waals surface area contributed by atoms with Gasteiger partial charge in [-0.05, 0) is 21.5 Å². The first-order valence-electron chi connectivity index (χ1n) is 7.39. The number of nitrogens with zero attached hydrogens (tertiary/aromatic N) is 2. The van der Waals surface area contributed by atoms with Gasteiger partial charge in [0.05, 0.1) is 19.8 Å². The number of hydrogen-bond donors (Lipinski definition) is 0.